The summed E-state index contributed by atoms with van der Waals surface area (Å²) in [4.78, 5) is 31.9. The number of thioether (sulfide) groups is 1. The SMILES string of the molecule is CC(=O)c1c(C)[nH]c(C(=O)C(C)Sc2ncn(-c3ccccc3)n2)c1C. The minimum absolute atomic E-state index is 0.0427. The Kier molecular flexibility index (Phi) is 5.08. The zero-order valence-electron chi connectivity index (χ0n) is 15.1. The molecular weight excluding hydrogens is 348 g/mol. The van der Waals surface area contributed by atoms with Crippen LogP contribution in [0.25, 0.3) is 5.69 Å². The van der Waals surface area contributed by atoms with E-state index < -0.39 is 0 Å². The van der Waals surface area contributed by atoms with Crippen LogP contribution in [-0.4, -0.2) is 36.6 Å². The monoisotopic (exact) mass is 368 g/mol. The maximum Gasteiger partial charge on any atom is 0.209 e. The number of aryl methyl sites for hydroxylation is 1. The van der Waals surface area contributed by atoms with Crippen molar-refractivity contribution in [2.45, 2.75) is 38.1 Å². The molecule has 0 aliphatic carbocycles. The lowest BCUT2D eigenvalue weighted by Gasteiger charge is -2.07. The minimum Gasteiger partial charge on any atom is -0.355 e. The molecule has 7 heteroatoms. The largest absolute Gasteiger partial charge is 0.355 e. The second-order valence-corrected chi connectivity index (χ2v) is 7.42. The number of nitrogens with zero attached hydrogens (tertiary/aromatic N) is 3. The number of hydrogen-bond donors (Lipinski definition) is 1. The van der Waals surface area contributed by atoms with Gasteiger partial charge in [0.1, 0.15) is 6.33 Å². The quantitative estimate of drug-likeness (QED) is 0.529. The molecule has 0 aliphatic heterocycles. The summed E-state index contributed by atoms with van der Waals surface area (Å²) in [7, 11) is 0. The van der Waals surface area contributed by atoms with Crippen molar-refractivity contribution >= 4 is 23.3 Å². The van der Waals surface area contributed by atoms with Crippen molar-refractivity contribution in [2.24, 2.45) is 0 Å². The van der Waals surface area contributed by atoms with Crippen LogP contribution in [0, 0.1) is 13.8 Å². The Bertz CT molecular complexity index is 959. The van der Waals surface area contributed by atoms with Gasteiger partial charge in [-0.3, -0.25) is 9.59 Å². The van der Waals surface area contributed by atoms with Crippen molar-refractivity contribution in [3.05, 3.63) is 59.2 Å². The highest BCUT2D eigenvalue weighted by Gasteiger charge is 2.25. The molecule has 1 unspecified atom stereocenters. The molecule has 0 amide bonds. The van der Waals surface area contributed by atoms with Crippen LogP contribution in [0.15, 0.2) is 41.8 Å². The van der Waals surface area contributed by atoms with Crippen LogP contribution < -0.4 is 0 Å². The van der Waals surface area contributed by atoms with E-state index >= 15 is 0 Å². The Hall–Kier alpha value is -2.67. The Morgan fingerprint density at radius 3 is 2.50 bits per heavy atom. The summed E-state index contributed by atoms with van der Waals surface area (Å²) in [5, 5.41) is 4.58. The average molecular weight is 368 g/mol. The normalized spacial score (nSPS) is 12.2. The second-order valence-electron chi connectivity index (χ2n) is 6.11. The van der Waals surface area contributed by atoms with E-state index in [4.69, 9.17) is 0 Å². The molecule has 0 aliphatic rings. The summed E-state index contributed by atoms with van der Waals surface area (Å²) in [5.74, 6) is -0.113. The van der Waals surface area contributed by atoms with Crippen LogP contribution in [0.1, 0.15) is 46.0 Å². The van der Waals surface area contributed by atoms with Crippen LogP contribution in [0.4, 0.5) is 0 Å². The van der Waals surface area contributed by atoms with Crippen molar-refractivity contribution in [3.63, 3.8) is 0 Å². The van der Waals surface area contributed by atoms with Crippen LogP contribution in [0.3, 0.4) is 0 Å². The summed E-state index contributed by atoms with van der Waals surface area (Å²) >= 11 is 1.30. The van der Waals surface area contributed by atoms with E-state index in [9.17, 15) is 9.59 Å². The number of rotatable bonds is 6. The van der Waals surface area contributed by atoms with Gasteiger partial charge < -0.3 is 4.98 Å². The molecule has 2 heterocycles. The van der Waals surface area contributed by atoms with Crippen molar-refractivity contribution in [1.29, 1.82) is 0 Å². The molecule has 0 spiro atoms. The second kappa shape index (κ2) is 7.29. The van der Waals surface area contributed by atoms with Gasteiger partial charge in [0.25, 0.3) is 0 Å². The van der Waals surface area contributed by atoms with Gasteiger partial charge in [-0.05, 0) is 45.4 Å². The third-order valence-corrected chi connectivity index (χ3v) is 5.14. The molecule has 3 aromatic rings. The molecule has 2 aromatic heterocycles. The van der Waals surface area contributed by atoms with Gasteiger partial charge in [-0.1, -0.05) is 30.0 Å². The van der Waals surface area contributed by atoms with Crippen LogP contribution >= 0.6 is 11.8 Å². The molecule has 134 valence electrons. The first-order valence-corrected chi connectivity index (χ1v) is 9.14. The van der Waals surface area contributed by atoms with Crippen LogP contribution in [0.5, 0.6) is 0 Å². The van der Waals surface area contributed by atoms with Gasteiger partial charge in [0.05, 0.1) is 16.6 Å². The van der Waals surface area contributed by atoms with Gasteiger partial charge in [-0.2, -0.15) is 0 Å². The summed E-state index contributed by atoms with van der Waals surface area (Å²) in [6.45, 7) is 6.93. The predicted octanol–water partition coefficient (Wildman–Crippen LogP) is 3.78. The first kappa shape index (κ1) is 18.1. The molecule has 3 rings (SSSR count). The van der Waals surface area contributed by atoms with Gasteiger partial charge in [0.15, 0.2) is 11.6 Å². The summed E-state index contributed by atoms with van der Waals surface area (Å²) < 4.78 is 1.68. The summed E-state index contributed by atoms with van der Waals surface area (Å²) in [6, 6.07) is 9.67. The lowest BCUT2D eigenvalue weighted by atomic mass is 10.0. The van der Waals surface area contributed by atoms with E-state index in [1.54, 1.807) is 24.9 Å². The molecule has 1 aromatic carbocycles. The fourth-order valence-corrected chi connectivity index (χ4v) is 3.73. The van der Waals surface area contributed by atoms with E-state index in [0.717, 1.165) is 11.4 Å². The number of hydrogen-bond acceptors (Lipinski definition) is 5. The number of H-pyrrole nitrogens is 1. The van der Waals surface area contributed by atoms with E-state index in [0.29, 0.717) is 22.0 Å². The average Bonchev–Trinajstić information content (AvgIpc) is 3.19. The van der Waals surface area contributed by atoms with Gasteiger partial charge >= 0.3 is 0 Å². The van der Waals surface area contributed by atoms with Crippen molar-refractivity contribution in [3.8, 4) is 5.69 Å². The minimum atomic E-state index is -0.377. The molecule has 0 saturated carbocycles. The Balaban J connectivity index is 1.78. The van der Waals surface area contributed by atoms with E-state index in [1.165, 1.54) is 18.7 Å². The van der Waals surface area contributed by atoms with E-state index in [-0.39, 0.29) is 16.8 Å². The van der Waals surface area contributed by atoms with Crippen LogP contribution in [0.2, 0.25) is 0 Å². The fraction of sp³-hybridized carbons (Fsp3) is 0.263. The first-order chi connectivity index (χ1) is 12.4. The summed E-state index contributed by atoms with van der Waals surface area (Å²) in [5.41, 5.74) is 3.41. The predicted molar refractivity (Wildman–Crippen MR) is 101 cm³/mol. The van der Waals surface area contributed by atoms with Crippen molar-refractivity contribution < 1.29 is 9.59 Å². The molecule has 0 radical (unpaired) electrons. The zero-order valence-corrected chi connectivity index (χ0v) is 15.9. The number of ketones is 2. The molecule has 26 heavy (non-hydrogen) atoms. The number of para-hydroxylation sites is 1. The number of aromatic nitrogens is 4. The molecule has 6 nitrogen and oxygen atoms in total. The molecule has 1 atom stereocenters. The van der Waals surface area contributed by atoms with Gasteiger partial charge in [-0.25, -0.2) is 9.67 Å². The lowest BCUT2D eigenvalue weighted by molar-refractivity contribution is 0.0988. The van der Waals surface area contributed by atoms with E-state index in [1.807, 2.05) is 37.3 Å². The molecular formula is C19H20N4O2S. The first-order valence-electron chi connectivity index (χ1n) is 8.26. The lowest BCUT2D eigenvalue weighted by Crippen LogP contribution is -2.15. The zero-order chi connectivity index (χ0) is 18.8. The topological polar surface area (TPSA) is 80.6 Å². The number of carbonyl (C=O) groups is 2. The van der Waals surface area contributed by atoms with Gasteiger partial charge in [0.2, 0.25) is 5.16 Å². The number of benzene rings is 1. The number of nitrogens with one attached hydrogen (secondary N) is 1. The number of Topliss-reactive ketones (excluding diaryl/α,β-unsaturated/α-hetero) is 2. The summed E-state index contributed by atoms with van der Waals surface area (Å²) in [6.07, 6.45) is 1.63. The highest BCUT2D eigenvalue weighted by atomic mass is 32.2. The highest BCUT2D eigenvalue weighted by Crippen LogP contribution is 2.26. The molecule has 0 bridgehead atoms. The maximum atomic E-state index is 12.8. The van der Waals surface area contributed by atoms with Gasteiger partial charge in [0, 0.05) is 11.3 Å². The Morgan fingerprint density at radius 1 is 1.19 bits per heavy atom. The fourth-order valence-electron chi connectivity index (χ4n) is 2.95. The molecule has 0 fully saturated rings. The third-order valence-electron chi connectivity index (χ3n) is 4.18. The smallest absolute Gasteiger partial charge is 0.209 e. The molecule has 1 N–H and O–H groups in total. The molecule has 0 saturated heterocycles. The number of aromatic amines is 1. The van der Waals surface area contributed by atoms with E-state index in [2.05, 4.69) is 15.1 Å². The number of carbonyl (C=O) groups excluding carboxylic acids is 2. The van der Waals surface area contributed by atoms with Crippen molar-refractivity contribution in [1.82, 2.24) is 19.7 Å². The highest BCUT2D eigenvalue weighted by molar-refractivity contribution is 8.00. The standard InChI is InChI=1S/C19H20N4O2S/c1-11-16(13(3)24)12(2)21-17(11)18(25)14(4)26-19-20-10-23(22-19)15-8-6-5-7-9-15/h5-10,14,21H,1-4H3. The maximum absolute atomic E-state index is 12.8. The van der Waals surface area contributed by atoms with Crippen LogP contribution in [-0.2, 0) is 0 Å². The third kappa shape index (κ3) is 3.48. The van der Waals surface area contributed by atoms with Crippen molar-refractivity contribution in [2.75, 3.05) is 0 Å². The van der Waals surface area contributed by atoms with Gasteiger partial charge in [-0.15, -0.1) is 5.10 Å². The Morgan fingerprint density at radius 2 is 1.88 bits per heavy atom. The Labute approximate surface area is 156 Å².